The van der Waals surface area contributed by atoms with Gasteiger partial charge in [-0.2, -0.15) is 0 Å². The van der Waals surface area contributed by atoms with E-state index in [2.05, 4.69) is 15.1 Å². The zero-order chi connectivity index (χ0) is 21.4. The number of carbonyl (C=O) groups excluding carboxylic acids is 2. The van der Waals surface area contributed by atoms with E-state index in [4.69, 9.17) is 4.84 Å². The smallest absolute Gasteiger partial charge is 0.319 e. The maximum Gasteiger partial charge on any atom is 0.331 e. The van der Waals surface area contributed by atoms with Gasteiger partial charge in [0.15, 0.2) is 0 Å². The van der Waals surface area contributed by atoms with Crippen LogP contribution in [-0.4, -0.2) is 28.3 Å². The summed E-state index contributed by atoms with van der Waals surface area (Å²) in [4.78, 5) is 41.7. The Morgan fingerprint density at radius 2 is 1.34 bits per heavy atom. The predicted molar refractivity (Wildman–Crippen MR) is 106 cm³/mol. The van der Waals surface area contributed by atoms with Crippen LogP contribution in [0.1, 0.15) is 32.8 Å². The van der Waals surface area contributed by atoms with Crippen molar-refractivity contribution in [1.82, 2.24) is 0 Å². The summed E-state index contributed by atoms with van der Waals surface area (Å²) in [5, 5.41) is 18.3. The molecule has 2 aromatic carbocycles. The molecule has 9 heteroatoms. The van der Waals surface area contributed by atoms with Crippen LogP contribution in [0.2, 0.25) is 0 Å². The first-order valence-corrected chi connectivity index (χ1v) is 8.57. The van der Waals surface area contributed by atoms with E-state index in [1.165, 1.54) is 26.0 Å². The van der Waals surface area contributed by atoms with Gasteiger partial charge >= 0.3 is 11.9 Å². The highest BCUT2D eigenvalue weighted by molar-refractivity contribution is 6.12. The fourth-order valence-electron chi connectivity index (χ4n) is 2.35. The highest BCUT2D eigenvalue weighted by Gasteiger charge is 2.10. The Balaban J connectivity index is 2.26. The minimum absolute atomic E-state index is 0.0173. The van der Waals surface area contributed by atoms with Crippen molar-refractivity contribution in [3.63, 3.8) is 0 Å². The Bertz CT molecular complexity index is 963. The molecule has 0 aliphatic rings. The first kappa shape index (κ1) is 21.4. The molecule has 2 aromatic rings. The summed E-state index contributed by atoms with van der Waals surface area (Å²) in [5.74, 6) is -1.12. The van der Waals surface area contributed by atoms with Crippen molar-refractivity contribution in [3.8, 4) is 11.1 Å². The minimum atomic E-state index is -0.570. The second-order valence-corrected chi connectivity index (χ2v) is 6.09. The highest BCUT2D eigenvalue weighted by Crippen LogP contribution is 2.23. The van der Waals surface area contributed by atoms with Crippen LogP contribution in [-0.2, 0) is 19.3 Å². The fourth-order valence-corrected chi connectivity index (χ4v) is 2.35. The molecule has 0 atom stereocenters. The number of hydrogen-bond acceptors (Lipinski definition) is 8. The van der Waals surface area contributed by atoms with Gasteiger partial charge in [0.2, 0.25) is 0 Å². The van der Waals surface area contributed by atoms with Gasteiger partial charge in [0.1, 0.15) is 0 Å². The Morgan fingerprint density at radius 1 is 0.862 bits per heavy atom. The molecule has 0 N–H and O–H groups in total. The molecule has 9 nitrogen and oxygen atoms in total. The molecule has 0 heterocycles. The van der Waals surface area contributed by atoms with E-state index in [1.54, 1.807) is 31.2 Å². The summed E-state index contributed by atoms with van der Waals surface area (Å²) < 4.78 is 0. The minimum Gasteiger partial charge on any atom is -0.319 e. The van der Waals surface area contributed by atoms with Gasteiger partial charge < -0.3 is 9.68 Å². The van der Waals surface area contributed by atoms with E-state index in [9.17, 15) is 19.7 Å². The van der Waals surface area contributed by atoms with Gasteiger partial charge in [-0.15, -0.1) is 0 Å². The average molecular weight is 397 g/mol. The number of nitrogens with zero attached hydrogens (tertiary/aromatic N) is 3. The second-order valence-electron chi connectivity index (χ2n) is 6.09. The molecular weight excluding hydrogens is 378 g/mol. The monoisotopic (exact) mass is 397 g/mol. The summed E-state index contributed by atoms with van der Waals surface area (Å²) >= 11 is 0. The van der Waals surface area contributed by atoms with Gasteiger partial charge in [-0.05, 0) is 35.7 Å². The molecule has 150 valence electrons. The predicted octanol–water partition coefficient (Wildman–Crippen LogP) is 3.86. The van der Waals surface area contributed by atoms with E-state index in [1.807, 2.05) is 12.1 Å². The molecule has 0 unspecified atom stereocenters. The number of rotatable bonds is 7. The van der Waals surface area contributed by atoms with E-state index >= 15 is 0 Å². The molecule has 0 bridgehead atoms. The van der Waals surface area contributed by atoms with Crippen LogP contribution >= 0.6 is 0 Å². The van der Waals surface area contributed by atoms with Crippen LogP contribution in [0, 0.1) is 10.1 Å². The Hall–Kier alpha value is -3.88. The van der Waals surface area contributed by atoms with Crippen LogP contribution in [0.3, 0.4) is 0 Å². The Labute approximate surface area is 166 Å². The SMILES string of the molecule is CC(=O)O/N=C(/C/C(C)=N/OC(C)=O)c1ccc(-c2ccc([N+](=O)[O-])cc2)cc1. The Kier molecular flexibility index (Phi) is 7.30. The molecule has 0 saturated heterocycles. The van der Waals surface area contributed by atoms with Crippen LogP contribution in [0.15, 0.2) is 58.8 Å². The summed E-state index contributed by atoms with van der Waals surface area (Å²) in [5.41, 5.74) is 3.24. The summed E-state index contributed by atoms with van der Waals surface area (Å²) in [6.45, 7) is 4.12. The van der Waals surface area contributed by atoms with Crippen molar-refractivity contribution in [2.75, 3.05) is 0 Å². The molecule has 0 aliphatic heterocycles. The zero-order valence-electron chi connectivity index (χ0n) is 16.1. The molecule has 0 fully saturated rings. The highest BCUT2D eigenvalue weighted by atomic mass is 16.7. The number of nitro groups is 1. The molecule has 0 aromatic heterocycles. The number of hydrogen-bond donors (Lipinski definition) is 0. The lowest BCUT2D eigenvalue weighted by atomic mass is 10.00. The molecule has 29 heavy (non-hydrogen) atoms. The van der Waals surface area contributed by atoms with Gasteiger partial charge in [0.05, 0.1) is 16.3 Å². The summed E-state index contributed by atoms with van der Waals surface area (Å²) in [7, 11) is 0. The third-order valence-electron chi connectivity index (χ3n) is 3.67. The number of benzene rings is 2. The number of non-ortho nitro benzene ring substituents is 1. The van der Waals surface area contributed by atoms with E-state index in [0.717, 1.165) is 11.1 Å². The van der Waals surface area contributed by atoms with Crippen molar-refractivity contribution in [2.24, 2.45) is 10.3 Å². The molecule has 0 saturated carbocycles. The lowest BCUT2D eigenvalue weighted by molar-refractivity contribution is -0.384. The van der Waals surface area contributed by atoms with E-state index in [0.29, 0.717) is 17.0 Å². The second kappa shape index (κ2) is 9.88. The maximum absolute atomic E-state index is 11.1. The molecular formula is C20H19N3O6. The number of carbonyl (C=O) groups is 2. The van der Waals surface area contributed by atoms with Crippen LogP contribution in [0.25, 0.3) is 11.1 Å². The van der Waals surface area contributed by atoms with Crippen LogP contribution in [0.4, 0.5) is 5.69 Å². The fraction of sp³-hybridized carbons (Fsp3) is 0.200. The first-order valence-electron chi connectivity index (χ1n) is 8.57. The first-order chi connectivity index (χ1) is 13.8. The normalized spacial score (nSPS) is 11.7. The molecule has 0 amide bonds. The van der Waals surface area contributed by atoms with Gasteiger partial charge in [-0.1, -0.05) is 34.6 Å². The van der Waals surface area contributed by atoms with E-state index in [-0.39, 0.29) is 12.1 Å². The average Bonchev–Trinajstić information content (AvgIpc) is 2.69. The van der Waals surface area contributed by atoms with E-state index < -0.39 is 16.9 Å². The van der Waals surface area contributed by atoms with Crippen molar-refractivity contribution >= 4 is 29.0 Å². The maximum atomic E-state index is 11.1. The van der Waals surface area contributed by atoms with Crippen molar-refractivity contribution in [1.29, 1.82) is 0 Å². The number of nitro benzene ring substituents is 1. The standard InChI is InChI=1S/C20H19N3O6/c1-13(21-28-14(2)24)12-20(22-29-15(3)25)18-6-4-16(5-7-18)17-8-10-19(11-9-17)23(26)27/h4-11H,12H2,1-3H3/b21-13+,22-20-. The third kappa shape index (κ3) is 6.65. The van der Waals surface area contributed by atoms with Crippen molar-refractivity contribution < 1.29 is 24.2 Å². The van der Waals surface area contributed by atoms with Crippen LogP contribution in [0.5, 0.6) is 0 Å². The van der Waals surface area contributed by atoms with Gasteiger partial charge in [-0.25, -0.2) is 9.59 Å². The molecule has 0 spiro atoms. The molecule has 0 aliphatic carbocycles. The quantitative estimate of drug-likeness (QED) is 0.303. The number of oxime groups is 2. The lowest BCUT2D eigenvalue weighted by Gasteiger charge is -2.08. The van der Waals surface area contributed by atoms with Gasteiger partial charge in [0.25, 0.3) is 5.69 Å². The lowest BCUT2D eigenvalue weighted by Crippen LogP contribution is -2.10. The summed E-state index contributed by atoms with van der Waals surface area (Å²) in [6, 6.07) is 13.4. The molecule has 0 radical (unpaired) electrons. The van der Waals surface area contributed by atoms with Crippen molar-refractivity contribution in [2.45, 2.75) is 27.2 Å². The van der Waals surface area contributed by atoms with Crippen LogP contribution < -0.4 is 0 Å². The van der Waals surface area contributed by atoms with Gasteiger partial charge in [0, 0.05) is 32.4 Å². The van der Waals surface area contributed by atoms with Crippen molar-refractivity contribution in [3.05, 3.63) is 64.2 Å². The summed E-state index contributed by atoms with van der Waals surface area (Å²) in [6.07, 6.45) is 0.192. The van der Waals surface area contributed by atoms with Gasteiger partial charge in [-0.3, -0.25) is 10.1 Å². The largest absolute Gasteiger partial charge is 0.331 e. The Morgan fingerprint density at radius 3 is 1.83 bits per heavy atom. The topological polar surface area (TPSA) is 120 Å². The molecule has 2 rings (SSSR count). The third-order valence-corrected chi connectivity index (χ3v) is 3.67. The zero-order valence-corrected chi connectivity index (χ0v) is 16.1.